The van der Waals surface area contributed by atoms with Crippen molar-refractivity contribution in [3.63, 3.8) is 0 Å². The van der Waals surface area contributed by atoms with E-state index in [4.69, 9.17) is 0 Å². The maximum Gasteiger partial charge on any atom is 0.337 e. The van der Waals surface area contributed by atoms with Crippen molar-refractivity contribution in [2.75, 3.05) is 0 Å². The van der Waals surface area contributed by atoms with Crippen molar-refractivity contribution in [2.45, 2.75) is 43.4 Å². The van der Waals surface area contributed by atoms with Gasteiger partial charge in [-0.2, -0.15) is 0 Å². The average molecular weight is 313 g/mol. The molecule has 0 bridgehead atoms. The number of benzene rings is 1. The molecule has 2 N–H and O–H groups in total. The van der Waals surface area contributed by atoms with Crippen molar-refractivity contribution in [1.82, 2.24) is 4.90 Å². The van der Waals surface area contributed by atoms with E-state index in [0.717, 1.165) is 6.42 Å². The van der Waals surface area contributed by atoms with E-state index in [1.54, 1.807) is 17.0 Å². The smallest absolute Gasteiger partial charge is 0.332 e. The Hall–Kier alpha value is -1.23. The lowest BCUT2D eigenvalue weighted by molar-refractivity contribution is -0.136. The number of rotatable bonds is 2. The average Bonchev–Trinajstić information content (AvgIpc) is 2.82. The summed E-state index contributed by atoms with van der Waals surface area (Å²) in [6, 6.07) is 5.80. The molecular formula is C14H17FNO4P. The minimum Gasteiger partial charge on any atom is -0.332 e. The molecule has 3 atom stereocenters. The predicted octanol–water partition coefficient (Wildman–Crippen LogP) is 2.20. The zero-order chi connectivity index (χ0) is 15.2. The summed E-state index contributed by atoms with van der Waals surface area (Å²) >= 11 is 0. The highest BCUT2D eigenvalue weighted by Crippen LogP contribution is 2.51. The van der Waals surface area contributed by atoms with Gasteiger partial charge in [0.1, 0.15) is 11.5 Å². The maximum absolute atomic E-state index is 13.4. The Morgan fingerprint density at radius 3 is 2.57 bits per heavy atom. The molecule has 1 aromatic carbocycles. The second-order valence-electron chi connectivity index (χ2n) is 5.73. The number of amides is 1. The van der Waals surface area contributed by atoms with E-state index >= 15 is 0 Å². The molecule has 3 rings (SSSR count). The van der Waals surface area contributed by atoms with Crippen LogP contribution in [0.5, 0.6) is 0 Å². The number of nitrogens with zero attached hydrogens (tertiary/aromatic N) is 1. The first-order valence-corrected chi connectivity index (χ1v) is 8.69. The van der Waals surface area contributed by atoms with Crippen molar-refractivity contribution in [3.8, 4) is 0 Å². The Labute approximate surface area is 121 Å². The van der Waals surface area contributed by atoms with Crippen molar-refractivity contribution in [2.24, 2.45) is 0 Å². The first kappa shape index (κ1) is 14.7. The van der Waals surface area contributed by atoms with Crippen molar-refractivity contribution in [3.05, 3.63) is 35.6 Å². The fourth-order valence-electron chi connectivity index (χ4n) is 3.50. The van der Waals surface area contributed by atoms with Crippen molar-refractivity contribution in [1.29, 1.82) is 0 Å². The molecule has 0 aromatic heterocycles. The summed E-state index contributed by atoms with van der Waals surface area (Å²) in [5, 5.41) is 0. The normalized spacial score (nSPS) is 29.6. The van der Waals surface area contributed by atoms with Gasteiger partial charge >= 0.3 is 7.60 Å². The molecular weight excluding hydrogens is 296 g/mol. The lowest BCUT2D eigenvalue weighted by Crippen LogP contribution is -2.47. The van der Waals surface area contributed by atoms with Crippen LogP contribution in [0.2, 0.25) is 0 Å². The molecule has 0 spiro atoms. The van der Waals surface area contributed by atoms with Gasteiger partial charge in [0.05, 0.1) is 6.04 Å². The summed E-state index contributed by atoms with van der Waals surface area (Å²) < 4.78 is 24.8. The summed E-state index contributed by atoms with van der Waals surface area (Å²) in [6.07, 6.45) is 2.31. The molecule has 5 nitrogen and oxygen atoms in total. The molecule has 7 heteroatoms. The lowest BCUT2D eigenvalue weighted by Gasteiger charge is -2.38. The third-order valence-corrected chi connectivity index (χ3v) is 5.75. The number of carbonyl (C=O) groups excluding carboxylic acids is 1. The lowest BCUT2D eigenvalue weighted by atomic mass is 10.0. The molecule has 2 aliphatic rings. The fourth-order valence-corrected chi connectivity index (χ4v) is 4.41. The van der Waals surface area contributed by atoms with Gasteiger partial charge in [0.25, 0.3) is 0 Å². The van der Waals surface area contributed by atoms with Crippen molar-refractivity contribution < 1.29 is 23.5 Å². The van der Waals surface area contributed by atoms with Gasteiger partial charge in [0.15, 0.2) is 0 Å². The predicted molar refractivity (Wildman–Crippen MR) is 74.1 cm³/mol. The number of fused-ring (bicyclic) bond motifs is 1. The first-order chi connectivity index (χ1) is 9.88. The van der Waals surface area contributed by atoms with E-state index in [2.05, 4.69) is 0 Å². The van der Waals surface area contributed by atoms with Crippen LogP contribution in [-0.2, 0) is 9.36 Å². The van der Waals surface area contributed by atoms with Gasteiger partial charge in [0, 0.05) is 6.04 Å². The van der Waals surface area contributed by atoms with Crippen molar-refractivity contribution >= 4 is 13.5 Å². The quantitative estimate of drug-likeness (QED) is 0.821. The number of carbonyl (C=O) groups is 1. The van der Waals surface area contributed by atoms with Crippen LogP contribution >= 0.6 is 7.60 Å². The molecule has 114 valence electrons. The molecule has 21 heavy (non-hydrogen) atoms. The number of halogens is 1. The Morgan fingerprint density at radius 1 is 1.19 bits per heavy atom. The molecule has 0 aliphatic carbocycles. The SMILES string of the molecule is O=C1C(P(=O)(O)O)CC[C@@H]2CC[C@@H](c3cccc(F)c3)N12. The second kappa shape index (κ2) is 5.20. The number of hydrogen-bond acceptors (Lipinski definition) is 2. The molecule has 2 fully saturated rings. The second-order valence-corrected chi connectivity index (χ2v) is 7.53. The Bertz CT molecular complexity index is 617. The molecule has 2 heterocycles. The molecule has 0 radical (unpaired) electrons. The minimum atomic E-state index is -4.44. The standard InChI is InChI=1S/C14H17FNO4P/c15-10-3-1-2-9(8-10)12-6-4-11-5-7-13(21(18,19)20)14(17)16(11)12/h1-3,8,11-13H,4-7H2,(H2,18,19,20)/t11-,12-,13?/m0/s1. The van der Waals surface area contributed by atoms with E-state index in [1.807, 2.05) is 0 Å². The van der Waals surface area contributed by atoms with Gasteiger partial charge in [-0.15, -0.1) is 0 Å². The highest BCUT2D eigenvalue weighted by molar-refractivity contribution is 7.53. The van der Waals surface area contributed by atoms with E-state index in [9.17, 15) is 23.5 Å². The zero-order valence-corrected chi connectivity index (χ0v) is 12.2. The number of piperidine rings is 1. The van der Waals surface area contributed by atoms with E-state index in [0.29, 0.717) is 18.4 Å². The van der Waals surface area contributed by atoms with Gasteiger partial charge in [-0.3, -0.25) is 9.36 Å². The van der Waals surface area contributed by atoms with Crippen LogP contribution in [0.25, 0.3) is 0 Å². The molecule has 2 aliphatic heterocycles. The molecule has 2 saturated heterocycles. The van der Waals surface area contributed by atoms with Crippen LogP contribution in [0, 0.1) is 5.82 Å². The summed E-state index contributed by atoms with van der Waals surface area (Å²) in [5.74, 6) is -0.863. The Morgan fingerprint density at radius 2 is 1.90 bits per heavy atom. The molecule has 1 aromatic rings. The topological polar surface area (TPSA) is 77.8 Å². The summed E-state index contributed by atoms with van der Waals surface area (Å²) in [7, 11) is -4.44. The van der Waals surface area contributed by atoms with Crippen LogP contribution in [-0.4, -0.2) is 32.3 Å². The maximum atomic E-state index is 13.4. The van der Waals surface area contributed by atoms with Gasteiger partial charge in [-0.25, -0.2) is 4.39 Å². The largest absolute Gasteiger partial charge is 0.337 e. The number of hydrogen-bond donors (Lipinski definition) is 2. The fraction of sp³-hybridized carbons (Fsp3) is 0.500. The van der Waals surface area contributed by atoms with E-state index in [1.165, 1.54) is 12.1 Å². The first-order valence-electron chi connectivity index (χ1n) is 7.01. The Balaban J connectivity index is 1.92. The van der Waals surface area contributed by atoms with E-state index < -0.39 is 19.2 Å². The summed E-state index contributed by atoms with van der Waals surface area (Å²) in [5.41, 5.74) is -0.555. The monoisotopic (exact) mass is 313 g/mol. The highest BCUT2D eigenvalue weighted by Gasteiger charge is 2.49. The van der Waals surface area contributed by atoms with E-state index in [-0.39, 0.29) is 24.3 Å². The van der Waals surface area contributed by atoms with Crippen LogP contribution in [0.4, 0.5) is 4.39 Å². The third kappa shape index (κ3) is 2.63. The molecule has 1 amide bonds. The van der Waals surface area contributed by atoms with Crippen LogP contribution in [0.15, 0.2) is 24.3 Å². The van der Waals surface area contributed by atoms with Crippen LogP contribution < -0.4 is 0 Å². The summed E-state index contributed by atoms with van der Waals surface area (Å²) in [6.45, 7) is 0. The Kier molecular flexibility index (Phi) is 3.64. The molecule has 0 saturated carbocycles. The molecule has 1 unspecified atom stereocenters. The van der Waals surface area contributed by atoms with Gasteiger partial charge in [0.2, 0.25) is 5.91 Å². The van der Waals surface area contributed by atoms with Gasteiger partial charge in [-0.1, -0.05) is 12.1 Å². The van der Waals surface area contributed by atoms with Crippen LogP contribution in [0.3, 0.4) is 0 Å². The third-order valence-electron chi connectivity index (χ3n) is 4.45. The minimum absolute atomic E-state index is 0.00793. The van der Waals surface area contributed by atoms with Gasteiger partial charge < -0.3 is 14.7 Å². The highest BCUT2D eigenvalue weighted by atomic mass is 31.2. The van der Waals surface area contributed by atoms with Crippen LogP contribution in [0.1, 0.15) is 37.3 Å². The van der Waals surface area contributed by atoms with Gasteiger partial charge in [-0.05, 0) is 43.4 Å². The zero-order valence-electron chi connectivity index (χ0n) is 11.4. The summed E-state index contributed by atoms with van der Waals surface area (Å²) in [4.78, 5) is 32.7.